The van der Waals surface area contributed by atoms with E-state index in [4.69, 9.17) is 14.2 Å². The van der Waals surface area contributed by atoms with Crippen molar-refractivity contribution < 1.29 is 28.6 Å². The van der Waals surface area contributed by atoms with E-state index in [1.807, 2.05) is 20.8 Å². The number of amides is 1. The number of hydrogen-bond acceptors (Lipinski definition) is 6. The van der Waals surface area contributed by atoms with Gasteiger partial charge in [-0.05, 0) is 40.5 Å². The zero-order valence-corrected chi connectivity index (χ0v) is 14.9. The molecule has 1 amide bonds. The topological polar surface area (TPSA) is 82.1 Å². The molecule has 2 aliphatic heterocycles. The van der Waals surface area contributed by atoms with Crippen LogP contribution in [0, 0.1) is 0 Å². The summed E-state index contributed by atoms with van der Waals surface area (Å²) in [5.41, 5.74) is -1.02. The number of nitrogens with zero attached hydrogens (tertiary/aromatic N) is 1. The Morgan fingerprint density at radius 2 is 1.88 bits per heavy atom. The van der Waals surface area contributed by atoms with Crippen LogP contribution in [-0.2, 0) is 23.8 Å². The number of esters is 2. The Bertz CT molecular complexity index is 588. The fourth-order valence-electron chi connectivity index (χ4n) is 3.16. The SMILES string of the molecule is COC(=O)C1=C(C)C(=O)OC12CCCN(C(=O)OC(C)(C)C)CC2. The molecule has 0 aliphatic carbocycles. The van der Waals surface area contributed by atoms with Gasteiger partial charge in [-0.2, -0.15) is 0 Å². The third kappa shape index (κ3) is 3.55. The van der Waals surface area contributed by atoms with Gasteiger partial charge >= 0.3 is 18.0 Å². The van der Waals surface area contributed by atoms with E-state index in [9.17, 15) is 14.4 Å². The molecular formula is C17H25NO6. The summed E-state index contributed by atoms with van der Waals surface area (Å²) in [5.74, 6) is -1.05. The van der Waals surface area contributed by atoms with E-state index < -0.39 is 29.2 Å². The number of methoxy groups -OCH3 is 1. The molecule has 0 saturated carbocycles. The minimum atomic E-state index is -1.01. The van der Waals surface area contributed by atoms with Crippen LogP contribution in [0.3, 0.4) is 0 Å². The standard InChI is InChI=1S/C17H25NO6/c1-11-12(14(20)22-5)17(23-13(11)19)7-6-9-18(10-8-17)15(21)24-16(2,3)4/h6-10H2,1-5H3. The van der Waals surface area contributed by atoms with Crippen LogP contribution in [0.15, 0.2) is 11.1 Å². The van der Waals surface area contributed by atoms with Gasteiger partial charge in [-0.3, -0.25) is 0 Å². The zero-order chi connectivity index (χ0) is 18.1. The van der Waals surface area contributed by atoms with Gasteiger partial charge in [0, 0.05) is 25.1 Å². The molecule has 0 radical (unpaired) electrons. The highest BCUT2D eigenvalue weighted by atomic mass is 16.6. The van der Waals surface area contributed by atoms with Gasteiger partial charge in [-0.1, -0.05) is 0 Å². The zero-order valence-electron chi connectivity index (χ0n) is 14.9. The summed E-state index contributed by atoms with van der Waals surface area (Å²) in [5, 5.41) is 0. The van der Waals surface area contributed by atoms with Crippen LogP contribution in [0.4, 0.5) is 4.79 Å². The highest BCUT2D eigenvalue weighted by molar-refractivity contribution is 6.05. The van der Waals surface area contributed by atoms with Crippen molar-refractivity contribution in [1.82, 2.24) is 4.90 Å². The minimum Gasteiger partial charge on any atom is -0.466 e. The summed E-state index contributed by atoms with van der Waals surface area (Å²) in [6.45, 7) is 7.83. The monoisotopic (exact) mass is 339 g/mol. The number of likely N-dealkylation sites (tertiary alicyclic amines) is 1. The van der Waals surface area contributed by atoms with E-state index in [0.29, 0.717) is 32.4 Å². The molecule has 0 aromatic rings. The Morgan fingerprint density at radius 3 is 2.46 bits per heavy atom. The summed E-state index contributed by atoms with van der Waals surface area (Å²) in [6, 6.07) is 0. The highest BCUT2D eigenvalue weighted by Crippen LogP contribution is 2.41. The second-order valence-corrected chi connectivity index (χ2v) is 7.20. The molecule has 24 heavy (non-hydrogen) atoms. The van der Waals surface area contributed by atoms with Gasteiger partial charge in [-0.25, -0.2) is 14.4 Å². The molecule has 0 N–H and O–H groups in total. The van der Waals surface area contributed by atoms with Crippen molar-refractivity contribution >= 4 is 18.0 Å². The summed E-state index contributed by atoms with van der Waals surface area (Å²) < 4.78 is 15.8. The van der Waals surface area contributed by atoms with E-state index in [-0.39, 0.29) is 11.1 Å². The molecule has 1 spiro atoms. The van der Waals surface area contributed by atoms with Crippen LogP contribution in [0.25, 0.3) is 0 Å². The van der Waals surface area contributed by atoms with Gasteiger partial charge in [0.2, 0.25) is 0 Å². The summed E-state index contributed by atoms with van der Waals surface area (Å²) in [7, 11) is 1.28. The van der Waals surface area contributed by atoms with Crippen molar-refractivity contribution in [2.24, 2.45) is 0 Å². The summed E-state index contributed by atoms with van der Waals surface area (Å²) in [6.07, 6.45) is 1.02. The minimum absolute atomic E-state index is 0.279. The van der Waals surface area contributed by atoms with Crippen LogP contribution in [0.1, 0.15) is 47.0 Å². The van der Waals surface area contributed by atoms with Gasteiger partial charge in [0.25, 0.3) is 0 Å². The lowest BCUT2D eigenvalue weighted by Crippen LogP contribution is -2.40. The summed E-state index contributed by atoms with van der Waals surface area (Å²) >= 11 is 0. The van der Waals surface area contributed by atoms with E-state index in [2.05, 4.69) is 0 Å². The van der Waals surface area contributed by atoms with Crippen molar-refractivity contribution in [3.05, 3.63) is 11.1 Å². The van der Waals surface area contributed by atoms with Gasteiger partial charge in [-0.15, -0.1) is 0 Å². The van der Waals surface area contributed by atoms with E-state index in [1.165, 1.54) is 7.11 Å². The Balaban J connectivity index is 2.19. The number of hydrogen-bond donors (Lipinski definition) is 0. The second-order valence-electron chi connectivity index (χ2n) is 7.20. The molecule has 1 saturated heterocycles. The fraction of sp³-hybridized carbons (Fsp3) is 0.706. The molecule has 0 bridgehead atoms. The number of rotatable bonds is 1. The Hall–Kier alpha value is -2.05. The smallest absolute Gasteiger partial charge is 0.410 e. The summed E-state index contributed by atoms with van der Waals surface area (Å²) in [4.78, 5) is 38.0. The maximum atomic E-state index is 12.3. The first-order valence-corrected chi connectivity index (χ1v) is 8.10. The molecule has 1 fully saturated rings. The van der Waals surface area contributed by atoms with E-state index in [1.54, 1.807) is 11.8 Å². The average Bonchev–Trinajstić information content (AvgIpc) is 2.63. The highest BCUT2D eigenvalue weighted by Gasteiger charge is 2.50. The van der Waals surface area contributed by atoms with Crippen LogP contribution in [0.5, 0.6) is 0 Å². The van der Waals surface area contributed by atoms with Gasteiger partial charge in [0.15, 0.2) is 0 Å². The van der Waals surface area contributed by atoms with Gasteiger partial charge < -0.3 is 19.1 Å². The van der Waals surface area contributed by atoms with Crippen molar-refractivity contribution in [1.29, 1.82) is 0 Å². The number of carbonyl (C=O) groups excluding carboxylic acids is 3. The van der Waals surface area contributed by atoms with Crippen molar-refractivity contribution in [2.45, 2.75) is 58.2 Å². The van der Waals surface area contributed by atoms with Gasteiger partial charge in [0.05, 0.1) is 12.7 Å². The molecular weight excluding hydrogens is 314 g/mol. The van der Waals surface area contributed by atoms with E-state index >= 15 is 0 Å². The molecule has 1 unspecified atom stereocenters. The van der Waals surface area contributed by atoms with Crippen LogP contribution in [0.2, 0.25) is 0 Å². The molecule has 134 valence electrons. The predicted octanol–water partition coefficient (Wildman–Crippen LogP) is 2.19. The molecule has 0 aromatic heterocycles. The third-order valence-electron chi connectivity index (χ3n) is 4.26. The van der Waals surface area contributed by atoms with Crippen LogP contribution < -0.4 is 0 Å². The molecule has 7 heteroatoms. The Kier molecular flexibility index (Phi) is 4.92. The lowest BCUT2D eigenvalue weighted by molar-refractivity contribution is -0.149. The Labute approximate surface area is 141 Å². The maximum absolute atomic E-state index is 12.3. The quantitative estimate of drug-likeness (QED) is 0.538. The molecule has 2 aliphatic rings. The van der Waals surface area contributed by atoms with Crippen molar-refractivity contribution in [2.75, 3.05) is 20.2 Å². The first-order chi connectivity index (χ1) is 11.1. The lowest BCUT2D eigenvalue weighted by atomic mass is 9.85. The molecule has 0 aromatic carbocycles. The molecule has 1 atom stereocenters. The average molecular weight is 339 g/mol. The van der Waals surface area contributed by atoms with Crippen LogP contribution >= 0.6 is 0 Å². The van der Waals surface area contributed by atoms with Crippen molar-refractivity contribution in [3.63, 3.8) is 0 Å². The molecule has 2 heterocycles. The third-order valence-corrected chi connectivity index (χ3v) is 4.26. The fourth-order valence-corrected chi connectivity index (χ4v) is 3.16. The maximum Gasteiger partial charge on any atom is 0.410 e. The van der Waals surface area contributed by atoms with Crippen molar-refractivity contribution in [3.8, 4) is 0 Å². The first kappa shape index (κ1) is 18.3. The molecule has 2 rings (SSSR count). The largest absolute Gasteiger partial charge is 0.466 e. The lowest BCUT2D eigenvalue weighted by Gasteiger charge is -2.29. The van der Waals surface area contributed by atoms with E-state index in [0.717, 1.165) is 0 Å². The van der Waals surface area contributed by atoms with Gasteiger partial charge in [0.1, 0.15) is 11.2 Å². The normalized spacial score (nSPS) is 24.7. The second kappa shape index (κ2) is 6.45. The van der Waals surface area contributed by atoms with Crippen LogP contribution in [-0.4, -0.2) is 54.3 Å². The number of ether oxygens (including phenoxy) is 3. The first-order valence-electron chi connectivity index (χ1n) is 8.10. The predicted molar refractivity (Wildman–Crippen MR) is 85.2 cm³/mol. The Morgan fingerprint density at radius 1 is 1.21 bits per heavy atom. The number of carbonyl (C=O) groups is 3. The molecule has 7 nitrogen and oxygen atoms in total.